The predicted molar refractivity (Wildman–Crippen MR) is 60.8 cm³/mol. The van der Waals surface area contributed by atoms with E-state index in [9.17, 15) is 5.11 Å². The molecule has 2 rings (SSSR count). The normalized spacial score (nSPS) is 26.3. The van der Waals surface area contributed by atoms with Gasteiger partial charge in [0.15, 0.2) is 0 Å². The number of pyridine rings is 1. The van der Waals surface area contributed by atoms with Crippen molar-refractivity contribution in [3.63, 3.8) is 0 Å². The summed E-state index contributed by atoms with van der Waals surface area (Å²) in [5, 5.41) is 9.74. The summed E-state index contributed by atoms with van der Waals surface area (Å²) >= 11 is 3.34. The second kappa shape index (κ2) is 4.94. The van der Waals surface area contributed by atoms with Crippen LogP contribution in [0.3, 0.4) is 0 Å². The molecule has 0 aliphatic heterocycles. The molecule has 1 aliphatic rings. The molecule has 1 aliphatic carbocycles. The molecule has 0 aromatic carbocycles. The number of halogens is 1. The van der Waals surface area contributed by atoms with Gasteiger partial charge in [0.1, 0.15) is 11.9 Å². The molecule has 1 aromatic heterocycles. The lowest BCUT2D eigenvalue weighted by molar-refractivity contribution is 0.00666. The van der Waals surface area contributed by atoms with E-state index in [4.69, 9.17) is 4.74 Å². The highest BCUT2D eigenvalue weighted by atomic mass is 79.9. The minimum absolute atomic E-state index is 0.0742. The molecule has 15 heavy (non-hydrogen) atoms. The largest absolute Gasteiger partial charge is 0.486 e. The number of aliphatic hydroxyl groups excluding tert-OH is 1. The van der Waals surface area contributed by atoms with Crippen LogP contribution >= 0.6 is 15.9 Å². The fraction of sp³-hybridized carbons (Fsp3) is 0.545. The van der Waals surface area contributed by atoms with Crippen molar-refractivity contribution in [2.24, 2.45) is 0 Å². The lowest BCUT2D eigenvalue weighted by atomic mass is 9.95. The van der Waals surface area contributed by atoms with Gasteiger partial charge in [0.05, 0.1) is 12.3 Å². The molecule has 0 radical (unpaired) electrons. The van der Waals surface area contributed by atoms with E-state index in [2.05, 4.69) is 20.9 Å². The third-order valence-electron chi connectivity index (χ3n) is 2.63. The van der Waals surface area contributed by atoms with Crippen molar-refractivity contribution in [2.45, 2.75) is 37.9 Å². The molecule has 1 saturated carbocycles. The summed E-state index contributed by atoms with van der Waals surface area (Å²) in [6.45, 7) is 0. The smallest absolute Gasteiger partial charge is 0.139 e. The van der Waals surface area contributed by atoms with Gasteiger partial charge in [0.25, 0.3) is 0 Å². The highest BCUT2D eigenvalue weighted by Gasteiger charge is 2.24. The van der Waals surface area contributed by atoms with Gasteiger partial charge in [0.2, 0.25) is 0 Å². The third-order valence-corrected chi connectivity index (χ3v) is 3.07. The molecule has 3 nitrogen and oxygen atoms in total. The Balaban J connectivity index is 2.01. The van der Waals surface area contributed by atoms with Crippen molar-refractivity contribution < 1.29 is 9.84 Å². The van der Waals surface area contributed by atoms with Gasteiger partial charge < -0.3 is 9.84 Å². The van der Waals surface area contributed by atoms with E-state index < -0.39 is 0 Å². The second-order valence-corrected chi connectivity index (χ2v) is 4.76. The van der Waals surface area contributed by atoms with Gasteiger partial charge in [-0.2, -0.15) is 0 Å². The van der Waals surface area contributed by atoms with Gasteiger partial charge in [-0.15, -0.1) is 0 Å². The first-order valence-corrected chi connectivity index (χ1v) is 6.00. The van der Waals surface area contributed by atoms with Crippen molar-refractivity contribution in [2.75, 3.05) is 0 Å². The topological polar surface area (TPSA) is 42.4 Å². The van der Waals surface area contributed by atoms with Crippen molar-refractivity contribution in [1.82, 2.24) is 4.98 Å². The standard InChI is InChI=1S/C11H14BrNO2/c12-8-5-9(7-13-6-8)15-11-4-2-1-3-10(11)14/h5-7,10-11,14H,1-4H2/t10-,11-/m0/s1. The van der Waals surface area contributed by atoms with E-state index in [-0.39, 0.29) is 12.2 Å². The van der Waals surface area contributed by atoms with Crippen molar-refractivity contribution >= 4 is 15.9 Å². The number of nitrogens with zero attached hydrogens (tertiary/aromatic N) is 1. The van der Waals surface area contributed by atoms with Crippen molar-refractivity contribution in [3.05, 3.63) is 22.9 Å². The van der Waals surface area contributed by atoms with Crippen LogP contribution in [0.5, 0.6) is 5.75 Å². The molecule has 4 heteroatoms. The Morgan fingerprint density at radius 2 is 2.13 bits per heavy atom. The molecule has 1 fully saturated rings. The lowest BCUT2D eigenvalue weighted by Gasteiger charge is -2.28. The van der Waals surface area contributed by atoms with Gasteiger partial charge in [-0.05, 0) is 41.3 Å². The Bertz CT molecular complexity index is 332. The van der Waals surface area contributed by atoms with E-state index in [0.717, 1.165) is 35.9 Å². The Morgan fingerprint density at radius 3 is 2.87 bits per heavy atom. The molecule has 1 heterocycles. The fourth-order valence-electron chi connectivity index (χ4n) is 1.85. The Morgan fingerprint density at radius 1 is 1.33 bits per heavy atom. The summed E-state index contributed by atoms with van der Waals surface area (Å²) in [4.78, 5) is 4.02. The summed E-state index contributed by atoms with van der Waals surface area (Å²) in [7, 11) is 0. The van der Waals surface area contributed by atoms with E-state index >= 15 is 0 Å². The summed E-state index contributed by atoms with van der Waals surface area (Å²) in [6.07, 6.45) is 6.96. The van der Waals surface area contributed by atoms with E-state index in [1.165, 1.54) is 0 Å². The van der Waals surface area contributed by atoms with E-state index in [1.54, 1.807) is 12.4 Å². The van der Waals surface area contributed by atoms with Crippen LogP contribution < -0.4 is 4.74 Å². The zero-order chi connectivity index (χ0) is 10.7. The molecule has 1 aromatic rings. The van der Waals surface area contributed by atoms with Gasteiger partial charge in [-0.1, -0.05) is 6.42 Å². The third kappa shape index (κ3) is 2.92. The zero-order valence-corrected chi connectivity index (χ0v) is 9.98. The van der Waals surface area contributed by atoms with Crippen LogP contribution in [-0.4, -0.2) is 22.3 Å². The van der Waals surface area contributed by atoms with Gasteiger partial charge in [0, 0.05) is 10.7 Å². The maximum absolute atomic E-state index is 9.74. The summed E-state index contributed by atoms with van der Waals surface area (Å²) in [6, 6.07) is 1.87. The first-order chi connectivity index (χ1) is 7.25. The highest BCUT2D eigenvalue weighted by molar-refractivity contribution is 9.10. The number of hydrogen-bond donors (Lipinski definition) is 1. The molecular formula is C11H14BrNO2. The average Bonchev–Trinajstić information content (AvgIpc) is 2.22. The molecule has 0 unspecified atom stereocenters. The number of aliphatic hydroxyl groups is 1. The first-order valence-electron chi connectivity index (χ1n) is 5.21. The fourth-order valence-corrected chi connectivity index (χ4v) is 2.19. The molecule has 0 amide bonds. The molecule has 0 saturated heterocycles. The Kier molecular flexibility index (Phi) is 3.59. The van der Waals surface area contributed by atoms with Crippen LogP contribution in [0.2, 0.25) is 0 Å². The first kappa shape index (κ1) is 10.9. The Hall–Kier alpha value is -0.610. The van der Waals surface area contributed by atoms with Crippen LogP contribution in [-0.2, 0) is 0 Å². The minimum Gasteiger partial charge on any atom is -0.486 e. The van der Waals surface area contributed by atoms with Crippen LogP contribution in [0.4, 0.5) is 0 Å². The molecule has 0 spiro atoms. The van der Waals surface area contributed by atoms with Crippen LogP contribution in [0.15, 0.2) is 22.9 Å². The molecule has 1 N–H and O–H groups in total. The summed E-state index contributed by atoms with van der Waals surface area (Å²) in [5.41, 5.74) is 0. The predicted octanol–water partition coefficient (Wildman–Crippen LogP) is 2.53. The van der Waals surface area contributed by atoms with Gasteiger partial charge in [-0.3, -0.25) is 4.98 Å². The zero-order valence-electron chi connectivity index (χ0n) is 8.40. The highest BCUT2D eigenvalue weighted by Crippen LogP contribution is 2.24. The lowest BCUT2D eigenvalue weighted by Crippen LogP contribution is -2.34. The number of hydrogen-bond acceptors (Lipinski definition) is 3. The molecule has 82 valence electrons. The maximum atomic E-state index is 9.74. The SMILES string of the molecule is O[C@H]1CCCC[C@@H]1Oc1cncc(Br)c1. The second-order valence-electron chi connectivity index (χ2n) is 3.85. The molecular weight excluding hydrogens is 258 g/mol. The quantitative estimate of drug-likeness (QED) is 0.899. The Labute approximate surface area is 97.6 Å². The van der Waals surface area contributed by atoms with Crippen LogP contribution in [0.25, 0.3) is 0 Å². The van der Waals surface area contributed by atoms with Gasteiger partial charge in [-0.25, -0.2) is 0 Å². The summed E-state index contributed by atoms with van der Waals surface area (Å²) in [5.74, 6) is 0.718. The van der Waals surface area contributed by atoms with Crippen LogP contribution in [0, 0.1) is 0 Å². The average molecular weight is 272 g/mol. The monoisotopic (exact) mass is 271 g/mol. The van der Waals surface area contributed by atoms with Gasteiger partial charge >= 0.3 is 0 Å². The van der Waals surface area contributed by atoms with Crippen LogP contribution in [0.1, 0.15) is 25.7 Å². The van der Waals surface area contributed by atoms with E-state index in [0.29, 0.717) is 0 Å². The maximum Gasteiger partial charge on any atom is 0.139 e. The molecule has 0 bridgehead atoms. The number of rotatable bonds is 2. The summed E-state index contributed by atoms with van der Waals surface area (Å²) < 4.78 is 6.60. The number of ether oxygens (including phenoxy) is 1. The van der Waals surface area contributed by atoms with Crippen molar-refractivity contribution in [1.29, 1.82) is 0 Å². The number of aromatic nitrogens is 1. The van der Waals surface area contributed by atoms with E-state index in [1.807, 2.05) is 6.07 Å². The minimum atomic E-state index is -0.335. The van der Waals surface area contributed by atoms with Crippen molar-refractivity contribution in [3.8, 4) is 5.75 Å². The molecule has 2 atom stereocenters.